The van der Waals surface area contributed by atoms with Crippen LogP contribution in [-0.4, -0.2) is 53.2 Å². The van der Waals surface area contributed by atoms with Crippen LogP contribution in [0.25, 0.3) is 0 Å². The van der Waals surface area contributed by atoms with Gasteiger partial charge < -0.3 is 19.5 Å². The van der Waals surface area contributed by atoms with Crippen molar-refractivity contribution in [2.75, 3.05) is 53.2 Å². The normalized spacial score (nSPS) is 21.8. The summed E-state index contributed by atoms with van der Waals surface area (Å²) in [6.45, 7) is 5.81. The predicted octanol–water partition coefficient (Wildman–Crippen LogP) is 0.666. The third-order valence-corrected chi connectivity index (χ3v) is 2.56. The number of rotatable bonds is 8. The standard InChI is InChI=1S/C11H23NO3/c1-13-5-6-14-7-8-15-10-11-3-2-4-12-9-11/h11-12H,2-10H2,1H3/t11-/m0/s1. The Hall–Kier alpha value is -0.160. The maximum Gasteiger partial charge on any atom is 0.0701 e. The Balaban J connectivity index is 1.79. The van der Waals surface area contributed by atoms with Crippen LogP contribution in [0, 0.1) is 5.92 Å². The Bertz CT molecular complexity index is 138. The number of methoxy groups -OCH3 is 1. The maximum atomic E-state index is 5.55. The van der Waals surface area contributed by atoms with E-state index in [0.717, 1.165) is 19.7 Å². The summed E-state index contributed by atoms with van der Waals surface area (Å²) < 4.78 is 15.7. The van der Waals surface area contributed by atoms with Gasteiger partial charge in [-0.15, -0.1) is 0 Å². The molecule has 1 rings (SSSR count). The highest BCUT2D eigenvalue weighted by Crippen LogP contribution is 2.09. The molecule has 1 saturated heterocycles. The summed E-state index contributed by atoms with van der Waals surface area (Å²) in [5.74, 6) is 0.692. The summed E-state index contributed by atoms with van der Waals surface area (Å²) in [6.07, 6.45) is 2.57. The number of nitrogens with one attached hydrogen (secondary N) is 1. The molecule has 0 bridgehead atoms. The fourth-order valence-corrected chi connectivity index (χ4v) is 1.68. The van der Waals surface area contributed by atoms with E-state index in [2.05, 4.69) is 5.32 Å². The zero-order chi connectivity index (χ0) is 10.8. The molecule has 0 radical (unpaired) electrons. The SMILES string of the molecule is COCCOCCOC[C@H]1CCCNC1. The smallest absolute Gasteiger partial charge is 0.0701 e. The van der Waals surface area contributed by atoms with Crippen LogP contribution in [0.5, 0.6) is 0 Å². The van der Waals surface area contributed by atoms with Gasteiger partial charge in [0.05, 0.1) is 33.0 Å². The molecular formula is C11H23NO3. The third-order valence-electron chi connectivity index (χ3n) is 2.56. The molecule has 90 valence electrons. The van der Waals surface area contributed by atoms with E-state index < -0.39 is 0 Å². The second-order valence-corrected chi connectivity index (χ2v) is 3.89. The second kappa shape index (κ2) is 9.09. The lowest BCUT2D eigenvalue weighted by atomic mass is 10.0. The van der Waals surface area contributed by atoms with E-state index >= 15 is 0 Å². The van der Waals surface area contributed by atoms with Crippen LogP contribution in [-0.2, 0) is 14.2 Å². The Labute approximate surface area is 92.3 Å². The molecule has 0 aliphatic carbocycles. The lowest BCUT2D eigenvalue weighted by molar-refractivity contribution is 0.0133. The van der Waals surface area contributed by atoms with Crippen LogP contribution >= 0.6 is 0 Å². The first kappa shape index (κ1) is 12.9. The monoisotopic (exact) mass is 217 g/mol. The lowest BCUT2D eigenvalue weighted by Gasteiger charge is -2.22. The van der Waals surface area contributed by atoms with Crippen LogP contribution in [0.4, 0.5) is 0 Å². The van der Waals surface area contributed by atoms with E-state index in [1.807, 2.05) is 0 Å². The molecule has 1 fully saturated rings. The van der Waals surface area contributed by atoms with Crippen LogP contribution in [0.3, 0.4) is 0 Å². The van der Waals surface area contributed by atoms with Gasteiger partial charge in [0, 0.05) is 13.7 Å². The van der Waals surface area contributed by atoms with Crippen molar-refractivity contribution in [2.45, 2.75) is 12.8 Å². The van der Waals surface area contributed by atoms with Crippen molar-refractivity contribution in [1.82, 2.24) is 5.32 Å². The molecule has 4 heteroatoms. The fourth-order valence-electron chi connectivity index (χ4n) is 1.68. The Morgan fingerprint density at radius 1 is 1.13 bits per heavy atom. The van der Waals surface area contributed by atoms with Crippen molar-refractivity contribution < 1.29 is 14.2 Å². The largest absolute Gasteiger partial charge is 0.382 e. The highest BCUT2D eigenvalue weighted by Gasteiger charge is 2.12. The molecule has 1 heterocycles. The first-order valence-corrected chi connectivity index (χ1v) is 5.78. The summed E-state index contributed by atoms with van der Waals surface area (Å²) in [4.78, 5) is 0. The Kier molecular flexibility index (Phi) is 7.83. The number of piperidine rings is 1. The first-order valence-electron chi connectivity index (χ1n) is 5.78. The molecular weight excluding hydrogens is 194 g/mol. The van der Waals surface area contributed by atoms with Crippen molar-refractivity contribution in [3.05, 3.63) is 0 Å². The zero-order valence-corrected chi connectivity index (χ0v) is 9.67. The zero-order valence-electron chi connectivity index (χ0n) is 9.67. The summed E-state index contributed by atoms with van der Waals surface area (Å²) in [5, 5.41) is 3.38. The summed E-state index contributed by atoms with van der Waals surface area (Å²) in [5.41, 5.74) is 0. The van der Waals surface area contributed by atoms with Gasteiger partial charge in [-0.2, -0.15) is 0 Å². The highest BCUT2D eigenvalue weighted by atomic mass is 16.5. The van der Waals surface area contributed by atoms with Gasteiger partial charge in [-0.25, -0.2) is 0 Å². The Morgan fingerprint density at radius 3 is 2.67 bits per heavy atom. The molecule has 0 unspecified atom stereocenters. The fraction of sp³-hybridized carbons (Fsp3) is 1.00. The van der Waals surface area contributed by atoms with Crippen molar-refractivity contribution in [3.63, 3.8) is 0 Å². The quantitative estimate of drug-likeness (QED) is 0.606. The predicted molar refractivity (Wildman–Crippen MR) is 59.1 cm³/mol. The van der Waals surface area contributed by atoms with Crippen LogP contribution in [0.15, 0.2) is 0 Å². The van der Waals surface area contributed by atoms with Gasteiger partial charge in [0.15, 0.2) is 0 Å². The van der Waals surface area contributed by atoms with E-state index in [0.29, 0.717) is 32.3 Å². The number of hydrogen-bond acceptors (Lipinski definition) is 4. The van der Waals surface area contributed by atoms with E-state index in [1.165, 1.54) is 12.8 Å². The number of ether oxygens (including phenoxy) is 3. The average Bonchev–Trinajstić information content (AvgIpc) is 2.29. The topological polar surface area (TPSA) is 39.7 Å². The molecule has 0 aromatic rings. The van der Waals surface area contributed by atoms with Crippen molar-refractivity contribution in [3.8, 4) is 0 Å². The lowest BCUT2D eigenvalue weighted by Crippen LogP contribution is -2.32. The minimum Gasteiger partial charge on any atom is -0.382 e. The van der Waals surface area contributed by atoms with Crippen LogP contribution in [0.2, 0.25) is 0 Å². The van der Waals surface area contributed by atoms with Gasteiger partial charge in [-0.3, -0.25) is 0 Å². The minimum absolute atomic E-state index is 0.658. The molecule has 1 N–H and O–H groups in total. The van der Waals surface area contributed by atoms with Gasteiger partial charge in [-0.1, -0.05) is 0 Å². The van der Waals surface area contributed by atoms with Gasteiger partial charge in [0.25, 0.3) is 0 Å². The molecule has 0 amide bonds. The highest BCUT2D eigenvalue weighted by molar-refractivity contribution is 4.67. The molecule has 0 aromatic heterocycles. The van der Waals surface area contributed by atoms with Gasteiger partial charge >= 0.3 is 0 Å². The van der Waals surface area contributed by atoms with Crippen LogP contribution in [0.1, 0.15) is 12.8 Å². The Morgan fingerprint density at radius 2 is 1.93 bits per heavy atom. The average molecular weight is 217 g/mol. The third kappa shape index (κ3) is 6.84. The van der Waals surface area contributed by atoms with Crippen molar-refractivity contribution >= 4 is 0 Å². The minimum atomic E-state index is 0.658. The van der Waals surface area contributed by atoms with E-state index in [-0.39, 0.29) is 0 Å². The van der Waals surface area contributed by atoms with Crippen molar-refractivity contribution in [2.24, 2.45) is 5.92 Å². The molecule has 0 aromatic carbocycles. The van der Waals surface area contributed by atoms with E-state index in [9.17, 15) is 0 Å². The molecule has 15 heavy (non-hydrogen) atoms. The molecule has 0 saturated carbocycles. The summed E-state index contributed by atoms with van der Waals surface area (Å²) >= 11 is 0. The van der Waals surface area contributed by atoms with E-state index in [1.54, 1.807) is 7.11 Å². The van der Waals surface area contributed by atoms with Gasteiger partial charge in [-0.05, 0) is 25.3 Å². The summed E-state index contributed by atoms with van der Waals surface area (Å²) in [7, 11) is 1.68. The molecule has 0 spiro atoms. The molecule has 4 nitrogen and oxygen atoms in total. The maximum absolute atomic E-state index is 5.55. The second-order valence-electron chi connectivity index (χ2n) is 3.89. The van der Waals surface area contributed by atoms with Gasteiger partial charge in [0.2, 0.25) is 0 Å². The van der Waals surface area contributed by atoms with Crippen LogP contribution < -0.4 is 5.32 Å². The molecule has 1 aliphatic heterocycles. The molecule has 1 atom stereocenters. The van der Waals surface area contributed by atoms with Crippen molar-refractivity contribution in [1.29, 1.82) is 0 Å². The van der Waals surface area contributed by atoms with E-state index in [4.69, 9.17) is 14.2 Å². The first-order chi connectivity index (χ1) is 7.43. The summed E-state index contributed by atoms with van der Waals surface area (Å²) in [6, 6.07) is 0. The number of hydrogen-bond donors (Lipinski definition) is 1. The molecule has 1 aliphatic rings. The van der Waals surface area contributed by atoms with Gasteiger partial charge in [0.1, 0.15) is 0 Å².